The monoisotopic (exact) mass is 560 g/mol. The molecule has 2 N–H and O–H groups in total. The standard InChI is InChI=1S/C26H34Br2N4/c27-21-9-13-23-24(14-10-21)31-19-7-3-4-8-20-32-26-16-12-22(28)11-15-25(26)30-18-6-2-1-5-17-29-23/h9-16,29,32H,1-8,17-20H2. The van der Waals surface area contributed by atoms with Crippen LogP contribution >= 0.6 is 31.9 Å². The Morgan fingerprint density at radius 3 is 1.44 bits per heavy atom. The highest BCUT2D eigenvalue weighted by molar-refractivity contribution is 9.12. The molecule has 0 unspecified atom stereocenters. The molecule has 0 aromatic rings. The molecule has 0 aromatic heterocycles. The normalized spacial score (nSPS) is 21.9. The maximum atomic E-state index is 4.89. The van der Waals surface area contributed by atoms with Gasteiger partial charge in [0.25, 0.3) is 0 Å². The zero-order valence-corrected chi connectivity index (χ0v) is 21.9. The number of aliphatic imine (C=N–C) groups is 2. The van der Waals surface area contributed by atoms with Crippen LogP contribution in [0.4, 0.5) is 0 Å². The van der Waals surface area contributed by atoms with E-state index in [9.17, 15) is 0 Å². The summed E-state index contributed by atoms with van der Waals surface area (Å²) in [5, 5.41) is 7.21. The van der Waals surface area contributed by atoms with Gasteiger partial charge in [-0.15, -0.1) is 0 Å². The predicted molar refractivity (Wildman–Crippen MR) is 146 cm³/mol. The van der Waals surface area contributed by atoms with Crippen molar-refractivity contribution in [3.63, 3.8) is 0 Å². The van der Waals surface area contributed by atoms with Crippen molar-refractivity contribution >= 4 is 43.3 Å². The number of rotatable bonds is 0. The number of allylic oxidation sites excluding steroid dienone is 10. The maximum absolute atomic E-state index is 4.89. The van der Waals surface area contributed by atoms with E-state index < -0.39 is 0 Å². The summed E-state index contributed by atoms with van der Waals surface area (Å²) in [7, 11) is 0. The van der Waals surface area contributed by atoms with Crippen molar-refractivity contribution in [2.24, 2.45) is 9.98 Å². The Morgan fingerprint density at radius 1 is 0.531 bits per heavy atom. The molecular formula is C26H34Br2N4. The predicted octanol–water partition coefficient (Wildman–Crippen LogP) is 6.65. The number of fused-ring (bicyclic) bond motifs is 2. The lowest BCUT2D eigenvalue weighted by molar-refractivity contribution is 0.621. The molecule has 6 heteroatoms. The Balaban J connectivity index is 1.60. The molecule has 0 aromatic carbocycles. The first-order chi connectivity index (χ1) is 15.7. The van der Waals surface area contributed by atoms with Gasteiger partial charge >= 0.3 is 0 Å². The number of nitrogens with zero attached hydrogens (tertiary/aromatic N) is 2. The van der Waals surface area contributed by atoms with E-state index in [1.54, 1.807) is 0 Å². The third-order valence-corrected chi connectivity index (χ3v) is 6.59. The summed E-state index contributed by atoms with van der Waals surface area (Å²) in [4.78, 5) is 9.78. The Hall–Kier alpha value is -1.66. The van der Waals surface area contributed by atoms with Crippen LogP contribution in [0.25, 0.3) is 0 Å². The van der Waals surface area contributed by atoms with E-state index in [2.05, 4.69) is 91.1 Å². The second-order valence-electron chi connectivity index (χ2n) is 8.15. The fourth-order valence-corrected chi connectivity index (χ4v) is 4.23. The fraction of sp³-hybridized carbons (Fsp3) is 0.462. The van der Waals surface area contributed by atoms with Crippen molar-refractivity contribution in [2.75, 3.05) is 26.2 Å². The second-order valence-corrected chi connectivity index (χ2v) is 9.98. The molecule has 0 radical (unpaired) electrons. The molecule has 0 fully saturated rings. The van der Waals surface area contributed by atoms with E-state index in [1.807, 2.05) is 0 Å². The van der Waals surface area contributed by atoms with Gasteiger partial charge in [0.2, 0.25) is 0 Å². The second kappa shape index (κ2) is 14.5. The minimum absolute atomic E-state index is 0.870. The van der Waals surface area contributed by atoms with Gasteiger partial charge in [-0.3, -0.25) is 9.98 Å². The van der Waals surface area contributed by atoms with Gasteiger partial charge in [0.15, 0.2) is 0 Å². The smallest absolute Gasteiger partial charge is 0.0806 e. The molecule has 4 nitrogen and oxygen atoms in total. The number of halogens is 2. The molecule has 3 aliphatic rings. The summed E-state index contributed by atoms with van der Waals surface area (Å²) in [5.74, 6) is 0. The van der Waals surface area contributed by atoms with Crippen molar-refractivity contribution in [1.29, 1.82) is 0 Å². The van der Waals surface area contributed by atoms with Gasteiger partial charge in [-0.2, -0.15) is 0 Å². The summed E-state index contributed by atoms with van der Waals surface area (Å²) in [6.45, 7) is 3.68. The molecule has 1 aliphatic heterocycles. The Kier molecular flexibility index (Phi) is 11.3. The van der Waals surface area contributed by atoms with Crippen molar-refractivity contribution in [3.05, 3.63) is 69.0 Å². The minimum atomic E-state index is 0.870. The Bertz CT molecular complexity index is 800. The van der Waals surface area contributed by atoms with Gasteiger partial charge in [0, 0.05) is 35.1 Å². The summed E-state index contributed by atoms with van der Waals surface area (Å²) in [6.07, 6.45) is 26.2. The number of nitrogens with one attached hydrogen (secondary N) is 2. The topological polar surface area (TPSA) is 48.8 Å². The third kappa shape index (κ3) is 9.07. The molecule has 32 heavy (non-hydrogen) atoms. The average molecular weight is 562 g/mol. The molecule has 0 atom stereocenters. The highest BCUT2D eigenvalue weighted by Gasteiger charge is 2.08. The van der Waals surface area contributed by atoms with E-state index in [0.29, 0.717) is 0 Å². The number of hydrogen-bond acceptors (Lipinski definition) is 4. The van der Waals surface area contributed by atoms with Gasteiger partial charge in [-0.1, -0.05) is 57.5 Å². The number of hydrogen-bond donors (Lipinski definition) is 2. The SMILES string of the molecule is BrC1=CC=C2NCCCCCCN=C3C=CC(Br)=CC=C3NCCCCCCN=C2C=C1. The molecule has 0 saturated heterocycles. The van der Waals surface area contributed by atoms with Crippen LogP contribution < -0.4 is 10.6 Å². The van der Waals surface area contributed by atoms with Crippen LogP contribution in [0.5, 0.6) is 0 Å². The van der Waals surface area contributed by atoms with Gasteiger partial charge in [-0.05, 0) is 74.3 Å². The molecule has 0 spiro atoms. The van der Waals surface area contributed by atoms with Crippen molar-refractivity contribution in [3.8, 4) is 0 Å². The van der Waals surface area contributed by atoms with E-state index >= 15 is 0 Å². The highest BCUT2D eigenvalue weighted by atomic mass is 79.9. The molecule has 0 saturated carbocycles. The first-order valence-electron chi connectivity index (χ1n) is 11.8. The average Bonchev–Trinajstić information content (AvgIpc) is 3.07. The van der Waals surface area contributed by atoms with Crippen molar-refractivity contribution in [1.82, 2.24) is 10.6 Å². The molecule has 2 aliphatic carbocycles. The van der Waals surface area contributed by atoms with Crippen molar-refractivity contribution < 1.29 is 0 Å². The Labute approximate surface area is 209 Å². The zero-order valence-electron chi connectivity index (χ0n) is 18.8. The summed E-state index contributed by atoms with van der Waals surface area (Å²) < 4.78 is 2.15. The van der Waals surface area contributed by atoms with Crippen LogP contribution in [0.3, 0.4) is 0 Å². The molecule has 1 heterocycles. The van der Waals surface area contributed by atoms with Gasteiger partial charge < -0.3 is 10.6 Å². The first kappa shape index (κ1) is 25.0. The van der Waals surface area contributed by atoms with Crippen LogP contribution in [0.2, 0.25) is 0 Å². The highest BCUT2D eigenvalue weighted by Crippen LogP contribution is 2.15. The van der Waals surface area contributed by atoms with Crippen molar-refractivity contribution in [2.45, 2.75) is 51.4 Å². The maximum Gasteiger partial charge on any atom is 0.0806 e. The molecule has 0 amide bonds. The van der Waals surface area contributed by atoms with Crippen LogP contribution in [0.1, 0.15) is 51.4 Å². The van der Waals surface area contributed by atoms with E-state index in [0.717, 1.165) is 83.6 Å². The fourth-order valence-electron chi connectivity index (χ4n) is 3.70. The summed E-state index contributed by atoms with van der Waals surface area (Å²) >= 11 is 7.16. The van der Waals surface area contributed by atoms with Crippen LogP contribution in [-0.2, 0) is 0 Å². The molecule has 3 rings (SSSR count). The quantitative estimate of drug-likeness (QED) is 0.348. The van der Waals surface area contributed by atoms with Gasteiger partial charge in [0.05, 0.1) is 22.8 Å². The zero-order chi connectivity index (χ0) is 22.4. The Morgan fingerprint density at radius 2 is 0.969 bits per heavy atom. The third-order valence-electron chi connectivity index (χ3n) is 5.54. The van der Waals surface area contributed by atoms with Crippen LogP contribution in [0, 0.1) is 0 Å². The lowest BCUT2D eigenvalue weighted by Gasteiger charge is -2.12. The lowest BCUT2D eigenvalue weighted by atomic mass is 10.1. The molecule has 0 bridgehead atoms. The summed E-state index contributed by atoms with van der Waals surface area (Å²) in [5.41, 5.74) is 4.36. The van der Waals surface area contributed by atoms with E-state index in [1.165, 1.54) is 25.7 Å². The van der Waals surface area contributed by atoms with Gasteiger partial charge in [-0.25, -0.2) is 0 Å². The largest absolute Gasteiger partial charge is 0.383 e. The summed E-state index contributed by atoms with van der Waals surface area (Å²) in [6, 6.07) is 0. The molecule has 172 valence electrons. The van der Waals surface area contributed by atoms with E-state index in [-0.39, 0.29) is 0 Å². The lowest BCUT2D eigenvalue weighted by Crippen LogP contribution is -2.21. The van der Waals surface area contributed by atoms with Crippen LogP contribution in [0.15, 0.2) is 79.0 Å². The van der Waals surface area contributed by atoms with Gasteiger partial charge in [0.1, 0.15) is 0 Å². The molecular weight excluding hydrogens is 528 g/mol. The first-order valence-corrected chi connectivity index (χ1v) is 13.4. The van der Waals surface area contributed by atoms with Crippen LogP contribution in [-0.4, -0.2) is 37.6 Å². The minimum Gasteiger partial charge on any atom is -0.383 e. The van der Waals surface area contributed by atoms with E-state index in [4.69, 9.17) is 9.98 Å².